The minimum absolute atomic E-state index is 0.300. The molecule has 2 amide bonds. The van der Waals surface area contributed by atoms with Crippen LogP contribution in [0.4, 0.5) is 10.1 Å². The predicted octanol–water partition coefficient (Wildman–Crippen LogP) is 3.58. The summed E-state index contributed by atoms with van der Waals surface area (Å²) >= 11 is 0. The van der Waals surface area contributed by atoms with Crippen LogP contribution >= 0.6 is 0 Å². The molecule has 1 aliphatic heterocycles. The summed E-state index contributed by atoms with van der Waals surface area (Å²) in [4.78, 5) is 41.2. The summed E-state index contributed by atoms with van der Waals surface area (Å²) in [6.07, 6.45) is 0.844. The summed E-state index contributed by atoms with van der Waals surface area (Å²) in [7, 11) is 0. The first-order valence-electron chi connectivity index (χ1n) is 9.88. The average Bonchev–Trinajstić information content (AvgIpc) is 3.05. The summed E-state index contributed by atoms with van der Waals surface area (Å²) in [5.74, 6) is -2.97. The van der Waals surface area contributed by atoms with Gasteiger partial charge in [0.05, 0.1) is 22.9 Å². The van der Waals surface area contributed by atoms with Gasteiger partial charge in [0.2, 0.25) is 11.8 Å². The molecule has 4 aliphatic rings. The van der Waals surface area contributed by atoms with E-state index in [0.29, 0.717) is 5.69 Å². The highest BCUT2D eigenvalue weighted by atomic mass is 19.1. The van der Waals surface area contributed by atoms with Crippen LogP contribution in [0, 0.1) is 17.7 Å². The number of anilines is 1. The Kier molecular flexibility index (Phi) is 3.30. The number of hydrogen-bond acceptors (Lipinski definition) is 3. The zero-order valence-electron chi connectivity index (χ0n) is 15.8. The average molecular weight is 397 g/mol. The molecule has 3 aromatic carbocycles. The molecule has 0 spiro atoms. The van der Waals surface area contributed by atoms with Crippen molar-refractivity contribution in [2.75, 3.05) is 4.90 Å². The van der Waals surface area contributed by atoms with Crippen LogP contribution in [0.2, 0.25) is 0 Å². The van der Waals surface area contributed by atoms with Crippen LogP contribution in [0.1, 0.15) is 28.2 Å². The van der Waals surface area contributed by atoms with E-state index in [-0.39, 0.29) is 11.8 Å². The number of imide groups is 1. The maximum absolute atomic E-state index is 13.7. The van der Waals surface area contributed by atoms with E-state index in [1.807, 2.05) is 48.5 Å². The number of hydrogen-bond donors (Lipinski definition) is 0. The maximum atomic E-state index is 13.7. The van der Waals surface area contributed by atoms with Crippen molar-refractivity contribution < 1.29 is 18.8 Å². The van der Waals surface area contributed by atoms with Crippen molar-refractivity contribution in [3.05, 3.63) is 101 Å². The molecule has 146 valence electrons. The van der Waals surface area contributed by atoms with Crippen molar-refractivity contribution >= 4 is 23.8 Å². The smallest absolute Gasteiger partial charge is 0.239 e. The molecule has 0 aromatic heterocycles. The SMILES string of the molecule is O=CC12c3ccccc3C(c3ccccc31)[C@@H]1C(=O)N(c3ccc(F)cc3)C(=O)[C@H]12. The van der Waals surface area contributed by atoms with Crippen molar-refractivity contribution in [2.24, 2.45) is 11.8 Å². The molecular weight excluding hydrogens is 381 g/mol. The van der Waals surface area contributed by atoms with E-state index in [9.17, 15) is 18.8 Å². The molecule has 5 heteroatoms. The van der Waals surface area contributed by atoms with Gasteiger partial charge in [-0.25, -0.2) is 9.29 Å². The number of halogens is 1. The summed E-state index contributed by atoms with van der Waals surface area (Å²) in [6, 6.07) is 20.5. The van der Waals surface area contributed by atoms with E-state index >= 15 is 0 Å². The van der Waals surface area contributed by atoms with Gasteiger partial charge < -0.3 is 4.79 Å². The lowest BCUT2D eigenvalue weighted by atomic mass is 9.48. The van der Waals surface area contributed by atoms with Crippen molar-refractivity contribution in [2.45, 2.75) is 11.3 Å². The summed E-state index contributed by atoms with van der Waals surface area (Å²) < 4.78 is 13.4. The number of rotatable bonds is 2. The van der Waals surface area contributed by atoms with E-state index in [1.165, 1.54) is 24.3 Å². The molecule has 0 N–H and O–H groups in total. The standard InChI is InChI=1S/C25H16FNO3/c26-14-9-11-15(12-10-14)27-23(29)21-20-16-5-1-3-7-18(16)25(13-28,22(21)24(27)30)19-8-4-2-6-17(19)20/h1-13,20-22H/t20?,21-,22-,25?/m0/s1. The third-order valence-electron chi connectivity index (χ3n) is 6.95. The lowest BCUT2D eigenvalue weighted by molar-refractivity contribution is -0.128. The fourth-order valence-corrected chi connectivity index (χ4v) is 5.88. The van der Waals surface area contributed by atoms with Gasteiger partial charge in [0.25, 0.3) is 0 Å². The van der Waals surface area contributed by atoms with Crippen molar-refractivity contribution in [1.29, 1.82) is 0 Å². The molecule has 2 atom stereocenters. The highest BCUT2D eigenvalue weighted by Gasteiger charge is 2.68. The lowest BCUT2D eigenvalue weighted by Crippen LogP contribution is -2.54. The van der Waals surface area contributed by atoms with Gasteiger partial charge in [0.15, 0.2) is 0 Å². The minimum atomic E-state index is -1.21. The second-order valence-electron chi connectivity index (χ2n) is 8.13. The molecule has 3 aliphatic carbocycles. The number of carbonyl (C=O) groups excluding carboxylic acids is 3. The molecule has 30 heavy (non-hydrogen) atoms. The lowest BCUT2D eigenvalue weighted by Gasteiger charge is -2.51. The molecule has 1 heterocycles. The molecule has 4 nitrogen and oxygen atoms in total. The summed E-state index contributed by atoms with van der Waals surface area (Å²) in [6.45, 7) is 0. The molecule has 0 saturated carbocycles. The fraction of sp³-hybridized carbons (Fsp3) is 0.160. The first kappa shape index (κ1) is 17.3. The minimum Gasteiger partial charge on any atom is -0.302 e. The van der Waals surface area contributed by atoms with Crippen LogP contribution in [0.5, 0.6) is 0 Å². The number of benzene rings is 3. The zero-order chi connectivity index (χ0) is 20.6. The van der Waals surface area contributed by atoms with Gasteiger partial charge in [-0.2, -0.15) is 0 Å². The number of nitrogens with zero attached hydrogens (tertiary/aromatic N) is 1. The largest absolute Gasteiger partial charge is 0.302 e. The molecule has 1 fully saturated rings. The van der Waals surface area contributed by atoms with Crippen LogP contribution in [0.3, 0.4) is 0 Å². The Balaban J connectivity index is 1.64. The van der Waals surface area contributed by atoms with Gasteiger partial charge in [-0.3, -0.25) is 9.59 Å². The van der Waals surface area contributed by atoms with E-state index in [2.05, 4.69) is 0 Å². The first-order valence-corrected chi connectivity index (χ1v) is 9.88. The van der Waals surface area contributed by atoms with E-state index in [1.54, 1.807) is 0 Å². The van der Waals surface area contributed by atoms with Crippen molar-refractivity contribution in [3.63, 3.8) is 0 Å². The van der Waals surface area contributed by atoms with Gasteiger partial charge in [-0.05, 0) is 46.5 Å². The molecule has 3 aromatic rings. The molecule has 2 bridgehead atoms. The monoisotopic (exact) mass is 397 g/mol. The summed E-state index contributed by atoms with van der Waals surface area (Å²) in [5, 5.41) is 0. The first-order chi connectivity index (χ1) is 14.6. The van der Waals surface area contributed by atoms with Crippen LogP contribution in [0.25, 0.3) is 0 Å². The van der Waals surface area contributed by atoms with Gasteiger partial charge in [-0.1, -0.05) is 48.5 Å². The van der Waals surface area contributed by atoms with Crippen LogP contribution < -0.4 is 4.90 Å². The third kappa shape index (κ3) is 1.83. The summed E-state index contributed by atoms with van der Waals surface area (Å²) in [5.41, 5.74) is 2.56. The highest BCUT2D eigenvalue weighted by Crippen LogP contribution is 2.63. The van der Waals surface area contributed by atoms with Crippen LogP contribution in [-0.4, -0.2) is 18.1 Å². The predicted molar refractivity (Wildman–Crippen MR) is 107 cm³/mol. The molecular formula is C25H16FNO3. The number of aldehydes is 1. The van der Waals surface area contributed by atoms with Crippen LogP contribution in [-0.2, 0) is 19.8 Å². The molecule has 0 radical (unpaired) electrons. The van der Waals surface area contributed by atoms with Gasteiger partial charge in [-0.15, -0.1) is 0 Å². The van der Waals surface area contributed by atoms with Crippen molar-refractivity contribution in [1.82, 2.24) is 0 Å². The third-order valence-corrected chi connectivity index (χ3v) is 6.95. The Labute approximate surface area is 171 Å². The Bertz CT molecular complexity index is 1200. The number of amides is 2. The molecule has 1 saturated heterocycles. The Hall–Kier alpha value is -3.60. The second kappa shape index (κ2) is 5.72. The maximum Gasteiger partial charge on any atom is 0.239 e. The Morgan fingerprint density at radius 3 is 1.93 bits per heavy atom. The van der Waals surface area contributed by atoms with E-state index in [0.717, 1.165) is 33.4 Å². The fourth-order valence-electron chi connectivity index (χ4n) is 5.88. The Morgan fingerprint density at radius 1 is 0.800 bits per heavy atom. The molecule has 7 rings (SSSR count). The van der Waals surface area contributed by atoms with E-state index < -0.39 is 29.0 Å². The van der Waals surface area contributed by atoms with E-state index in [4.69, 9.17) is 0 Å². The van der Waals surface area contributed by atoms with Crippen LogP contribution in [0.15, 0.2) is 72.8 Å². The highest BCUT2D eigenvalue weighted by molar-refractivity contribution is 6.24. The topological polar surface area (TPSA) is 54.5 Å². The van der Waals surface area contributed by atoms with Gasteiger partial charge in [0, 0.05) is 5.92 Å². The van der Waals surface area contributed by atoms with Gasteiger partial charge in [0.1, 0.15) is 12.1 Å². The second-order valence-corrected chi connectivity index (χ2v) is 8.13. The quantitative estimate of drug-likeness (QED) is 0.491. The van der Waals surface area contributed by atoms with Gasteiger partial charge >= 0.3 is 0 Å². The Morgan fingerprint density at radius 2 is 1.37 bits per heavy atom. The molecule has 0 unspecified atom stereocenters. The number of carbonyl (C=O) groups is 3. The normalized spacial score (nSPS) is 28.2. The zero-order valence-corrected chi connectivity index (χ0v) is 15.8. The van der Waals surface area contributed by atoms with Crippen molar-refractivity contribution in [3.8, 4) is 0 Å².